The van der Waals surface area contributed by atoms with Gasteiger partial charge < -0.3 is 15.1 Å². The highest BCUT2D eigenvalue weighted by Gasteiger charge is 2.20. The highest BCUT2D eigenvalue weighted by atomic mass is 16.1. The molecule has 124 valence electrons. The Hall–Kier alpha value is -3.03. The lowest BCUT2D eigenvalue weighted by molar-refractivity contribution is 0.0953. The van der Waals surface area contributed by atoms with Crippen molar-refractivity contribution in [1.82, 2.24) is 25.3 Å². The van der Waals surface area contributed by atoms with Crippen molar-refractivity contribution in [3.05, 3.63) is 49.2 Å². The van der Waals surface area contributed by atoms with Gasteiger partial charge in [-0.3, -0.25) is 4.79 Å². The van der Waals surface area contributed by atoms with Crippen LogP contribution in [0.2, 0.25) is 0 Å². The Morgan fingerprint density at radius 3 is 2.54 bits per heavy atom. The lowest BCUT2D eigenvalue weighted by Gasteiger charge is -2.35. The van der Waals surface area contributed by atoms with Gasteiger partial charge in [0.25, 0.3) is 5.91 Å². The zero-order valence-electron chi connectivity index (χ0n) is 13.3. The van der Waals surface area contributed by atoms with E-state index in [0.29, 0.717) is 12.2 Å². The van der Waals surface area contributed by atoms with Gasteiger partial charge in [-0.05, 0) is 6.07 Å². The van der Waals surface area contributed by atoms with Crippen LogP contribution in [0.4, 0.5) is 11.8 Å². The van der Waals surface area contributed by atoms with E-state index in [1.165, 1.54) is 6.33 Å². The molecule has 1 N–H and O–H groups in total. The molecule has 1 fully saturated rings. The highest BCUT2D eigenvalue weighted by Crippen LogP contribution is 2.16. The molecule has 0 unspecified atom stereocenters. The Labute approximate surface area is 140 Å². The van der Waals surface area contributed by atoms with Crippen molar-refractivity contribution in [2.45, 2.75) is 0 Å². The van der Waals surface area contributed by atoms with Crippen molar-refractivity contribution < 1.29 is 4.79 Å². The van der Waals surface area contributed by atoms with E-state index in [2.05, 4.69) is 41.6 Å². The van der Waals surface area contributed by atoms with Crippen molar-refractivity contribution in [2.24, 2.45) is 0 Å². The van der Waals surface area contributed by atoms with Crippen LogP contribution in [0.1, 0.15) is 10.5 Å². The number of aromatic nitrogens is 4. The molecule has 8 nitrogen and oxygen atoms in total. The molecule has 0 spiro atoms. The van der Waals surface area contributed by atoms with Gasteiger partial charge in [0.2, 0.25) is 5.95 Å². The molecule has 0 aliphatic carbocycles. The summed E-state index contributed by atoms with van der Waals surface area (Å²) in [4.78, 5) is 33.1. The van der Waals surface area contributed by atoms with Gasteiger partial charge >= 0.3 is 0 Å². The molecule has 0 atom stereocenters. The Kier molecular flexibility index (Phi) is 4.95. The van der Waals surface area contributed by atoms with Crippen molar-refractivity contribution >= 4 is 17.7 Å². The van der Waals surface area contributed by atoms with Crippen molar-refractivity contribution in [1.29, 1.82) is 0 Å². The average Bonchev–Trinajstić information content (AvgIpc) is 2.67. The molecule has 1 amide bonds. The molecule has 3 rings (SSSR count). The van der Waals surface area contributed by atoms with E-state index in [-0.39, 0.29) is 5.91 Å². The second kappa shape index (κ2) is 7.49. The summed E-state index contributed by atoms with van der Waals surface area (Å²) in [5, 5.41) is 2.72. The molecule has 0 bridgehead atoms. The van der Waals surface area contributed by atoms with Gasteiger partial charge in [0.1, 0.15) is 17.8 Å². The van der Waals surface area contributed by atoms with Gasteiger partial charge in [-0.2, -0.15) is 0 Å². The first kappa shape index (κ1) is 15.9. The second-order valence-electron chi connectivity index (χ2n) is 5.28. The molecular formula is C16H19N7O. The normalized spacial score (nSPS) is 14.3. The summed E-state index contributed by atoms with van der Waals surface area (Å²) in [5.74, 6) is 1.27. The van der Waals surface area contributed by atoms with Crippen LogP contribution in [0.25, 0.3) is 0 Å². The van der Waals surface area contributed by atoms with E-state index in [1.54, 1.807) is 30.6 Å². The molecule has 2 aromatic heterocycles. The number of anilines is 2. The number of nitrogens with one attached hydrogen (secondary N) is 1. The average molecular weight is 325 g/mol. The zero-order valence-corrected chi connectivity index (χ0v) is 13.3. The third kappa shape index (κ3) is 3.65. The van der Waals surface area contributed by atoms with Gasteiger partial charge in [0, 0.05) is 51.2 Å². The monoisotopic (exact) mass is 325 g/mol. The quantitative estimate of drug-likeness (QED) is 0.801. The van der Waals surface area contributed by atoms with Crippen LogP contribution >= 0.6 is 0 Å². The topological polar surface area (TPSA) is 87.1 Å². The number of nitrogens with zero attached hydrogens (tertiary/aromatic N) is 6. The van der Waals surface area contributed by atoms with Crippen LogP contribution < -0.4 is 15.1 Å². The van der Waals surface area contributed by atoms with Gasteiger partial charge in [0.15, 0.2) is 0 Å². The first-order valence-corrected chi connectivity index (χ1v) is 7.76. The van der Waals surface area contributed by atoms with E-state index in [0.717, 1.165) is 37.9 Å². The van der Waals surface area contributed by atoms with Crippen LogP contribution in [0.3, 0.4) is 0 Å². The van der Waals surface area contributed by atoms with Gasteiger partial charge in [0.05, 0.1) is 0 Å². The Balaban J connectivity index is 1.64. The molecule has 1 aliphatic rings. The smallest absolute Gasteiger partial charge is 0.270 e. The van der Waals surface area contributed by atoms with Crippen molar-refractivity contribution in [3.63, 3.8) is 0 Å². The third-order valence-corrected chi connectivity index (χ3v) is 3.73. The van der Waals surface area contributed by atoms with E-state index in [9.17, 15) is 4.79 Å². The van der Waals surface area contributed by atoms with Crippen LogP contribution in [0, 0.1) is 0 Å². The van der Waals surface area contributed by atoms with Crippen LogP contribution in [-0.2, 0) is 0 Å². The Morgan fingerprint density at radius 1 is 1.12 bits per heavy atom. The third-order valence-electron chi connectivity index (χ3n) is 3.73. The predicted molar refractivity (Wildman–Crippen MR) is 91.0 cm³/mol. The highest BCUT2D eigenvalue weighted by molar-refractivity contribution is 5.92. The zero-order chi connectivity index (χ0) is 16.8. The summed E-state index contributed by atoms with van der Waals surface area (Å²) < 4.78 is 0. The van der Waals surface area contributed by atoms with Gasteiger partial charge in [-0.15, -0.1) is 6.58 Å². The molecular weight excluding hydrogens is 306 g/mol. The molecule has 8 heteroatoms. The number of rotatable bonds is 5. The molecule has 24 heavy (non-hydrogen) atoms. The predicted octanol–water partition coefficient (Wildman–Crippen LogP) is 0.509. The minimum absolute atomic E-state index is 0.227. The molecule has 1 aliphatic heterocycles. The minimum Gasteiger partial charge on any atom is -0.353 e. The number of carbonyl (C=O) groups excluding carboxylic acids is 1. The molecule has 1 saturated heterocycles. The van der Waals surface area contributed by atoms with E-state index in [4.69, 9.17) is 0 Å². The van der Waals surface area contributed by atoms with Gasteiger partial charge in [-0.25, -0.2) is 19.9 Å². The van der Waals surface area contributed by atoms with Crippen LogP contribution in [0.15, 0.2) is 43.5 Å². The summed E-state index contributed by atoms with van der Waals surface area (Å²) >= 11 is 0. The fraction of sp³-hybridized carbons (Fsp3) is 0.312. The standard InChI is InChI=1S/C16H19N7O/c1-2-4-17-15(24)13-11-14(21-12-20-13)22-7-9-23(10-8-22)16-18-5-3-6-19-16/h2-3,5-6,11-12H,1,4,7-10H2,(H,17,24). The second-order valence-corrected chi connectivity index (χ2v) is 5.28. The molecule has 0 saturated carbocycles. The van der Waals surface area contributed by atoms with Crippen LogP contribution in [-0.4, -0.2) is 58.6 Å². The number of hydrogen-bond donors (Lipinski definition) is 1. The molecule has 0 radical (unpaired) electrons. The largest absolute Gasteiger partial charge is 0.353 e. The fourth-order valence-electron chi connectivity index (χ4n) is 2.49. The summed E-state index contributed by atoms with van der Waals surface area (Å²) in [5.41, 5.74) is 0.357. The summed E-state index contributed by atoms with van der Waals surface area (Å²) in [6.07, 6.45) is 6.54. The molecule has 2 aromatic rings. The summed E-state index contributed by atoms with van der Waals surface area (Å²) in [6.45, 7) is 7.15. The minimum atomic E-state index is -0.227. The lowest BCUT2D eigenvalue weighted by Crippen LogP contribution is -2.47. The van der Waals surface area contributed by atoms with E-state index >= 15 is 0 Å². The maximum absolute atomic E-state index is 12.0. The summed E-state index contributed by atoms with van der Waals surface area (Å²) in [7, 11) is 0. The first-order valence-electron chi connectivity index (χ1n) is 7.76. The number of carbonyl (C=O) groups is 1. The van der Waals surface area contributed by atoms with Crippen LogP contribution in [0.5, 0.6) is 0 Å². The molecule has 3 heterocycles. The van der Waals surface area contributed by atoms with Crippen molar-refractivity contribution in [3.8, 4) is 0 Å². The maximum atomic E-state index is 12.0. The number of piperazine rings is 1. The first-order chi connectivity index (χ1) is 11.8. The maximum Gasteiger partial charge on any atom is 0.270 e. The Bertz CT molecular complexity index is 699. The Morgan fingerprint density at radius 2 is 1.83 bits per heavy atom. The molecule has 0 aromatic carbocycles. The SMILES string of the molecule is C=CCNC(=O)c1cc(N2CCN(c3ncccn3)CC2)ncn1. The number of hydrogen-bond acceptors (Lipinski definition) is 7. The fourth-order valence-corrected chi connectivity index (χ4v) is 2.49. The lowest BCUT2D eigenvalue weighted by atomic mass is 10.3. The summed E-state index contributed by atoms with van der Waals surface area (Å²) in [6, 6.07) is 3.52. The van der Waals surface area contributed by atoms with E-state index < -0.39 is 0 Å². The van der Waals surface area contributed by atoms with Gasteiger partial charge in [-0.1, -0.05) is 6.08 Å². The number of amides is 1. The van der Waals surface area contributed by atoms with Crippen molar-refractivity contribution in [2.75, 3.05) is 42.5 Å². The van der Waals surface area contributed by atoms with E-state index in [1.807, 2.05) is 0 Å².